The van der Waals surface area contributed by atoms with Gasteiger partial charge in [-0.2, -0.15) is 0 Å². The number of nitrogens with one attached hydrogen (secondary N) is 1. The van der Waals surface area contributed by atoms with Crippen molar-refractivity contribution in [3.63, 3.8) is 0 Å². The smallest absolute Gasteiger partial charge is 0.220 e. The van der Waals surface area contributed by atoms with E-state index in [1.54, 1.807) is 18.4 Å². The van der Waals surface area contributed by atoms with Crippen molar-refractivity contribution < 1.29 is 9.53 Å². The first kappa shape index (κ1) is 15.0. The zero-order valence-corrected chi connectivity index (χ0v) is 12.9. The molecule has 108 valence electrons. The van der Waals surface area contributed by atoms with Crippen molar-refractivity contribution in [2.45, 2.75) is 12.8 Å². The highest BCUT2D eigenvalue weighted by molar-refractivity contribution is 7.17. The first-order valence-electron chi connectivity index (χ1n) is 6.25. The summed E-state index contributed by atoms with van der Waals surface area (Å²) in [5.74, 6) is 0.0196. The number of hydrogen-bond acceptors (Lipinski definition) is 6. The SMILES string of the molecule is COCCNC(=O)CCc1sc(N)nc1-c1cccs1. The van der Waals surface area contributed by atoms with E-state index in [4.69, 9.17) is 10.5 Å². The number of ether oxygens (including phenoxy) is 1. The van der Waals surface area contributed by atoms with Crippen LogP contribution in [0.15, 0.2) is 17.5 Å². The zero-order valence-electron chi connectivity index (χ0n) is 11.2. The minimum absolute atomic E-state index is 0.0196. The van der Waals surface area contributed by atoms with E-state index in [2.05, 4.69) is 10.3 Å². The molecule has 0 aliphatic carbocycles. The van der Waals surface area contributed by atoms with Crippen LogP contribution in [0.1, 0.15) is 11.3 Å². The first-order valence-corrected chi connectivity index (χ1v) is 7.95. The van der Waals surface area contributed by atoms with Gasteiger partial charge in [-0.1, -0.05) is 6.07 Å². The molecular formula is C13H17N3O2S2. The molecule has 1 amide bonds. The number of hydrogen-bond donors (Lipinski definition) is 2. The minimum atomic E-state index is 0.0196. The van der Waals surface area contributed by atoms with Crippen LogP contribution in [0.3, 0.4) is 0 Å². The van der Waals surface area contributed by atoms with Gasteiger partial charge in [0.1, 0.15) is 0 Å². The predicted molar refractivity (Wildman–Crippen MR) is 83.0 cm³/mol. The van der Waals surface area contributed by atoms with Crippen molar-refractivity contribution in [2.75, 3.05) is 26.0 Å². The molecule has 0 radical (unpaired) electrons. The van der Waals surface area contributed by atoms with Crippen molar-refractivity contribution in [1.82, 2.24) is 10.3 Å². The van der Waals surface area contributed by atoms with Crippen molar-refractivity contribution in [3.8, 4) is 10.6 Å². The summed E-state index contributed by atoms with van der Waals surface area (Å²) >= 11 is 3.08. The minimum Gasteiger partial charge on any atom is -0.383 e. The molecule has 2 heterocycles. The summed E-state index contributed by atoms with van der Waals surface area (Å²) < 4.78 is 4.89. The second kappa shape index (κ2) is 7.37. The van der Waals surface area contributed by atoms with Gasteiger partial charge in [-0.3, -0.25) is 4.79 Å². The van der Waals surface area contributed by atoms with E-state index in [-0.39, 0.29) is 5.91 Å². The lowest BCUT2D eigenvalue weighted by Gasteiger charge is -2.04. The lowest BCUT2D eigenvalue weighted by Crippen LogP contribution is -2.27. The standard InChI is InChI=1S/C13H17N3O2S2/c1-18-7-6-15-11(17)5-4-10-12(16-13(14)20-10)9-3-2-8-19-9/h2-3,8H,4-7H2,1H3,(H2,14,16)(H,15,17). The number of anilines is 1. The summed E-state index contributed by atoms with van der Waals surface area (Å²) in [6.07, 6.45) is 1.09. The third-order valence-electron chi connectivity index (χ3n) is 2.68. The van der Waals surface area contributed by atoms with Crippen LogP contribution in [0, 0.1) is 0 Å². The molecule has 0 aliphatic heterocycles. The summed E-state index contributed by atoms with van der Waals surface area (Å²) in [4.78, 5) is 18.2. The molecule has 0 saturated carbocycles. The third-order valence-corrected chi connectivity index (χ3v) is 4.50. The van der Waals surface area contributed by atoms with Crippen LogP contribution < -0.4 is 11.1 Å². The summed E-state index contributed by atoms with van der Waals surface area (Å²) in [6.45, 7) is 1.07. The maximum absolute atomic E-state index is 11.7. The fraction of sp³-hybridized carbons (Fsp3) is 0.385. The average molecular weight is 311 g/mol. The Balaban J connectivity index is 1.95. The van der Waals surface area contributed by atoms with Crippen LogP contribution in [0.5, 0.6) is 0 Å². The van der Waals surface area contributed by atoms with Crippen LogP contribution in [-0.4, -0.2) is 31.2 Å². The maximum Gasteiger partial charge on any atom is 0.220 e. The molecule has 20 heavy (non-hydrogen) atoms. The summed E-state index contributed by atoms with van der Waals surface area (Å²) in [5, 5.41) is 5.36. The summed E-state index contributed by atoms with van der Waals surface area (Å²) in [6, 6.07) is 4.00. The van der Waals surface area contributed by atoms with Crippen molar-refractivity contribution in [1.29, 1.82) is 0 Å². The highest BCUT2D eigenvalue weighted by atomic mass is 32.1. The quantitative estimate of drug-likeness (QED) is 0.768. The lowest BCUT2D eigenvalue weighted by molar-refractivity contribution is -0.121. The van der Waals surface area contributed by atoms with Gasteiger partial charge in [0.05, 0.1) is 17.2 Å². The Labute approximate surface area is 125 Å². The van der Waals surface area contributed by atoms with Gasteiger partial charge in [-0.05, 0) is 17.9 Å². The molecule has 2 aromatic heterocycles. The molecular weight excluding hydrogens is 294 g/mol. The number of aryl methyl sites for hydroxylation is 1. The molecule has 0 fully saturated rings. The molecule has 0 aromatic carbocycles. The number of aromatic nitrogens is 1. The van der Waals surface area contributed by atoms with Crippen molar-refractivity contribution >= 4 is 33.7 Å². The van der Waals surface area contributed by atoms with Gasteiger partial charge < -0.3 is 15.8 Å². The van der Waals surface area contributed by atoms with E-state index in [9.17, 15) is 4.79 Å². The van der Waals surface area contributed by atoms with Crippen LogP contribution in [0.2, 0.25) is 0 Å². The number of carbonyl (C=O) groups excluding carboxylic acids is 1. The normalized spacial score (nSPS) is 10.7. The molecule has 0 spiro atoms. The number of nitrogens with zero attached hydrogens (tertiary/aromatic N) is 1. The lowest BCUT2D eigenvalue weighted by atomic mass is 10.2. The second-order valence-corrected chi connectivity index (χ2v) is 6.21. The van der Waals surface area contributed by atoms with E-state index in [1.165, 1.54) is 11.3 Å². The molecule has 2 rings (SSSR count). The van der Waals surface area contributed by atoms with Crippen LogP contribution >= 0.6 is 22.7 Å². The molecule has 2 aromatic rings. The number of nitrogens with two attached hydrogens (primary N) is 1. The van der Waals surface area contributed by atoms with Crippen LogP contribution in [0.4, 0.5) is 5.13 Å². The third kappa shape index (κ3) is 4.03. The molecule has 7 heteroatoms. The molecule has 0 unspecified atom stereocenters. The Kier molecular flexibility index (Phi) is 5.51. The Morgan fingerprint density at radius 1 is 1.55 bits per heavy atom. The van der Waals surface area contributed by atoms with Gasteiger partial charge in [-0.15, -0.1) is 22.7 Å². The number of methoxy groups -OCH3 is 1. The van der Waals surface area contributed by atoms with Gasteiger partial charge in [0, 0.05) is 25.0 Å². The summed E-state index contributed by atoms with van der Waals surface area (Å²) in [7, 11) is 1.61. The second-order valence-electron chi connectivity index (χ2n) is 4.14. The van der Waals surface area contributed by atoms with Gasteiger partial charge in [0.15, 0.2) is 5.13 Å². The largest absolute Gasteiger partial charge is 0.383 e. The molecule has 0 saturated heterocycles. The molecule has 3 N–H and O–H groups in total. The molecule has 0 atom stereocenters. The van der Waals surface area contributed by atoms with Crippen molar-refractivity contribution in [3.05, 3.63) is 22.4 Å². The highest BCUT2D eigenvalue weighted by Gasteiger charge is 2.13. The Morgan fingerprint density at radius 3 is 3.10 bits per heavy atom. The number of thiophene rings is 1. The van der Waals surface area contributed by atoms with Gasteiger partial charge in [-0.25, -0.2) is 4.98 Å². The van der Waals surface area contributed by atoms with Gasteiger partial charge >= 0.3 is 0 Å². The molecule has 0 aliphatic rings. The number of thiazole rings is 1. The first-order chi connectivity index (χ1) is 9.70. The van der Waals surface area contributed by atoms with Crippen LogP contribution in [-0.2, 0) is 16.0 Å². The van der Waals surface area contributed by atoms with E-state index in [0.717, 1.165) is 15.4 Å². The highest BCUT2D eigenvalue weighted by Crippen LogP contribution is 2.33. The maximum atomic E-state index is 11.7. The predicted octanol–water partition coefficient (Wildman–Crippen LogP) is 2.15. The Bertz CT molecular complexity index is 552. The molecule has 0 bridgehead atoms. The fourth-order valence-corrected chi connectivity index (χ4v) is 3.40. The number of rotatable bonds is 7. The monoisotopic (exact) mass is 311 g/mol. The van der Waals surface area contributed by atoms with Gasteiger partial charge in [0.25, 0.3) is 0 Å². The zero-order chi connectivity index (χ0) is 14.4. The fourth-order valence-electron chi connectivity index (χ4n) is 1.75. The Hall–Kier alpha value is -1.44. The topological polar surface area (TPSA) is 77.2 Å². The average Bonchev–Trinajstić information content (AvgIpc) is 3.05. The van der Waals surface area contributed by atoms with E-state index < -0.39 is 0 Å². The summed E-state index contributed by atoms with van der Waals surface area (Å²) in [5.41, 5.74) is 6.69. The van der Waals surface area contributed by atoms with E-state index in [1.807, 2.05) is 17.5 Å². The van der Waals surface area contributed by atoms with Crippen molar-refractivity contribution in [2.24, 2.45) is 0 Å². The van der Waals surface area contributed by atoms with Gasteiger partial charge in [0.2, 0.25) is 5.91 Å². The molecule has 5 nitrogen and oxygen atoms in total. The number of carbonyl (C=O) groups is 1. The Morgan fingerprint density at radius 2 is 2.40 bits per heavy atom. The van der Waals surface area contributed by atoms with E-state index in [0.29, 0.717) is 31.1 Å². The number of amides is 1. The van der Waals surface area contributed by atoms with Crippen LogP contribution in [0.25, 0.3) is 10.6 Å². The van der Waals surface area contributed by atoms with E-state index >= 15 is 0 Å². The number of nitrogen functional groups attached to an aromatic ring is 1.